The van der Waals surface area contributed by atoms with E-state index in [-0.39, 0.29) is 65.4 Å². The van der Waals surface area contributed by atoms with Crippen LogP contribution in [0.2, 0.25) is 0 Å². The number of nitrogens with zero attached hydrogens (tertiary/aromatic N) is 27. The lowest BCUT2D eigenvalue weighted by atomic mass is 10.0. The van der Waals surface area contributed by atoms with Gasteiger partial charge in [0.2, 0.25) is 11.8 Å². The monoisotopic (exact) mass is 1850 g/mol. The van der Waals surface area contributed by atoms with Crippen LogP contribution in [0.3, 0.4) is 0 Å². The number of imidazole rings is 4. The molecule has 2 amide bonds. The van der Waals surface area contributed by atoms with E-state index in [2.05, 4.69) is 114 Å². The first-order valence-electron chi connectivity index (χ1n) is 43.1. The molecule has 22 rings (SSSR count). The quantitative estimate of drug-likeness (QED) is 0.0470. The molecule has 1 unspecified atom stereocenters. The van der Waals surface area contributed by atoms with E-state index in [0.717, 1.165) is 95.6 Å². The Morgan fingerprint density at radius 3 is 1.56 bits per heavy atom. The highest BCUT2D eigenvalue weighted by Crippen LogP contribution is 2.49. The van der Waals surface area contributed by atoms with Gasteiger partial charge >= 0.3 is 30.0 Å². The topological polar surface area (TPSA) is 402 Å². The molecule has 46 heteroatoms. The van der Waals surface area contributed by atoms with Gasteiger partial charge in [-0.3, -0.25) is 47.0 Å². The van der Waals surface area contributed by atoms with Crippen molar-refractivity contribution in [2.24, 2.45) is 11.1 Å². The normalized spacial score (nSPS) is 19.9. The number of carbonyl (C=O) groups is 3. The van der Waals surface area contributed by atoms with E-state index in [1.54, 1.807) is 72.7 Å². The van der Waals surface area contributed by atoms with Crippen LogP contribution in [0.1, 0.15) is 126 Å². The minimum Gasteiger partial charge on any atom is -0.368 e. The van der Waals surface area contributed by atoms with Crippen LogP contribution in [0.15, 0.2) is 172 Å². The van der Waals surface area contributed by atoms with Crippen LogP contribution >= 0.6 is 0 Å². The maximum Gasteiger partial charge on any atom is 0.417 e. The van der Waals surface area contributed by atoms with E-state index in [1.165, 1.54) is 66.9 Å². The second-order valence-corrected chi connectivity index (χ2v) is 33.9. The van der Waals surface area contributed by atoms with Crippen LogP contribution in [0, 0.1) is 36.1 Å². The number of H-pyrrole nitrogens is 2. The van der Waals surface area contributed by atoms with Crippen molar-refractivity contribution in [1.29, 1.82) is 5.26 Å². The van der Waals surface area contributed by atoms with E-state index in [1.807, 2.05) is 51.4 Å². The van der Waals surface area contributed by atoms with Gasteiger partial charge in [-0.2, -0.15) is 60.1 Å². The third-order valence-corrected chi connectivity index (χ3v) is 25.0. The number of primary amides is 1. The van der Waals surface area contributed by atoms with E-state index >= 15 is 0 Å². The number of alkyl halides is 9. The number of morpholine rings is 1. The van der Waals surface area contributed by atoms with Crippen molar-refractivity contribution in [2.75, 3.05) is 85.0 Å². The number of anilines is 4. The number of carbonyl (C=O) groups excluding carboxylic acids is 3. The van der Waals surface area contributed by atoms with Gasteiger partial charge in [0.15, 0.2) is 23.3 Å². The predicted molar refractivity (Wildman–Crippen MR) is 465 cm³/mol. The number of aromatic nitrogens is 22. The largest absolute Gasteiger partial charge is 0.417 e. The molecule has 3 saturated carbocycles. The van der Waals surface area contributed by atoms with Crippen LogP contribution in [-0.4, -0.2) is 219 Å². The summed E-state index contributed by atoms with van der Waals surface area (Å²) < 4.78 is 147. The van der Waals surface area contributed by atoms with Gasteiger partial charge < -0.3 is 45.6 Å². The van der Waals surface area contributed by atoms with Gasteiger partial charge in [0, 0.05) is 168 Å². The molecule has 0 spiro atoms. The van der Waals surface area contributed by atoms with Crippen LogP contribution in [0.5, 0.6) is 0 Å². The zero-order valence-corrected chi connectivity index (χ0v) is 72.1. The van der Waals surface area contributed by atoms with Crippen LogP contribution < -0.4 is 36.0 Å². The molecule has 4 aliphatic heterocycles. The predicted octanol–water partition coefficient (Wildman–Crippen LogP) is 11.7. The van der Waals surface area contributed by atoms with Gasteiger partial charge in [0.1, 0.15) is 92.0 Å². The zero-order valence-electron chi connectivity index (χ0n) is 72.1. The summed E-state index contributed by atoms with van der Waals surface area (Å²) in [5.74, 6) is 3.03. The van der Waals surface area contributed by atoms with Crippen molar-refractivity contribution >= 4 is 63.6 Å². The number of nitrogens with two attached hydrogens (primary N) is 1. The lowest BCUT2D eigenvalue weighted by molar-refractivity contribution is -0.138. The van der Waals surface area contributed by atoms with Crippen LogP contribution in [-0.2, 0) is 32.9 Å². The molecule has 0 radical (unpaired) electrons. The average Bonchev–Trinajstić information content (AvgIpc) is 1.68. The zero-order chi connectivity index (χ0) is 94.1. The fourth-order valence-corrected chi connectivity index (χ4v) is 17.2. The Hall–Kier alpha value is -15.3. The second kappa shape index (κ2) is 35.3. The number of ether oxygens (including phenoxy) is 1. The summed E-state index contributed by atoms with van der Waals surface area (Å²) in [6, 6.07) is 16.3. The summed E-state index contributed by atoms with van der Waals surface area (Å²) in [4.78, 5) is 104. The summed E-state index contributed by atoms with van der Waals surface area (Å²) in [5, 5.41) is 34.2. The number of nitrogens with one attached hydrogen (secondary N) is 4. The molecule has 135 heavy (non-hydrogen) atoms. The fraction of sp³-hybridized carbons (Fsp3) is 0.348. The number of amides is 2. The number of hydrogen-bond acceptors (Lipinski definition) is 26. The number of fused-ring (bicyclic) bond motifs is 4. The number of piperazine rings is 3. The van der Waals surface area contributed by atoms with Crippen LogP contribution in [0.25, 0.3) is 73.5 Å². The molecule has 0 aromatic carbocycles. The summed E-state index contributed by atoms with van der Waals surface area (Å²) in [6.07, 6.45) is 16.6. The molecular formula is C89H82F10N32O4. The fourth-order valence-electron chi connectivity index (χ4n) is 17.2. The Kier molecular flexibility index (Phi) is 23.3. The molecule has 4 saturated heterocycles. The Morgan fingerprint density at radius 1 is 0.548 bits per heavy atom. The minimum absolute atomic E-state index is 0.0429. The van der Waals surface area contributed by atoms with E-state index in [0.29, 0.717) is 153 Å². The maximum atomic E-state index is 14.4. The van der Waals surface area contributed by atoms with E-state index < -0.39 is 58.1 Å². The number of rotatable bonds is 15. The highest BCUT2D eigenvalue weighted by Gasteiger charge is 2.60. The van der Waals surface area contributed by atoms with Crippen molar-refractivity contribution in [3.8, 4) is 52.1 Å². The first kappa shape index (κ1) is 88.9. The average molecular weight is 1850 g/mol. The van der Waals surface area contributed by atoms with Crippen molar-refractivity contribution < 1.29 is 63.0 Å². The lowest BCUT2D eigenvalue weighted by Crippen LogP contribution is -2.61. The molecule has 7 fully saturated rings. The lowest BCUT2D eigenvalue weighted by Gasteiger charge is -2.42. The number of halogens is 10. The molecule has 15 aromatic rings. The SMILES string of the molecule is C[C@@H]1[C@H](C(N)=O)NCCN1c1ccnc(-c2cnc3ccc(C(F)(F)F)cn23)n1.Cc1[nH]ncc1[C@@H]1CN(c2ccnc(-c3cnc4cc(F)c(C5CC5)cn34)n2)C[C@H](C)O1.N#CC1(C(=O)N2CCN(c3ccnc(-c4cnc5ccc(C(F)(F)F)cn45)n3)CC2c2cn[nH]c2)CC1.[C-]#[N+]C1(C(=O)n2cc([C@@H]3CN(c4ccnc(-c5cnc6ccc(C(F)(F)F)cn56)n4)CCN3)cn2)CC1. The molecular weight excluding hydrogens is 1770 g/mol. The van der Waals surface area contributed by atoms with Gasteiger partial charge in [0.05, 0.1) is 96.9 Å². The molecule has 3 aliphatic carbocycles. The first-order chi connectivity index (χ1) is 64.9. The highest BCUT2D eigenvalue weighted by molar-refractivity contribution is 5.93. The van der Waals surface area contributed by atoms with Gasteiger partial charge in [-0.15, -0.1) is 0 Å². The van der Waals surface area contributed by atoms with Gasteiger partial charge in [-0.1, -0.05) is 0 Å². The van der Waals surface area contributed by atoms with E-state index in [9.17, 15) is 63.5 Å². The second-order valence-electron chi connectivity index (χ2n) is 33.9. The molecule has 15 aromatic heterocycles. The van der Waals surface area contributed by atoms with Crippen molar-refractivity contribution in [1.82, 2.24) is 123 Å². The third-order valence-electron chi connectivity index (χ3n) is 25.0. The first-order valence-corrected chi connectivity index (χ1v) is 43.1. The Morgan fingerprint density at radius 2 is 1.07 bits per heavy atom. The molecule has 19 heterocycles. The van der Waals surface area contributed by atoms with Crippen LogP contribution in [0.4, 0.5) is 67.2 Å². The summed E-state index contributed by atoms with van der Waals surface area (Å²) >= 11 is 0. The summed E-state index contributed by atoms with van der Waals surface area (Å²) in [5.41, 5.74) is 8.99. The standard InChI is InChI=1S/2C24H20F3N9O.C23H24FN7O.C18H18F3N7O/c1-28-23(5-6-23)22(37)36-12-15(10-32-36)17-14-34(9-8-29-17)20-4-7-30-21(33-20)18-11-31-19-3-2-16(13-35(18)19)24(25,26)27;25-24(26,27)16-1-2-19-30-11-17(36(19)12-16)21-29-6-3-20(33-21)34-7-8-35(22(37)23(14-28)4-5-23)18(13-34)15-9-31-32-10-15;1-13-10-30(12-20(32-13)16-8-27-29-14(16)2)21-5-6-25-23(28-21)19-9-26-22-7-18(24)17(11-31(19)22)15-3-4-15;1-10-15(16(22)29)23-6-7-27(10)14-4-5-24-17(26-14)12-8-25-13-3-2-11(9-28(12)13)18(19,20)21/h2-4,7,10-13,17,29H,5-6,8-9,14H2;1-3,6,9-12,18H,4-5,7-8,13H2,(H,31,32);5-9,11,13,15,20H,3-4,10,12H2,1-2H3,(H,27,29);2-5,8-10,15,23H,6-7H2,1H3,(H2,22,29)/t17-;;13-,20-;10-,15-/m0.01/s1. The summed E-state index contributed by atoms with van der Waals surface area (Å²) in [6.45, 7) is 18.8. The summed E-state index contributed by atoms with van der Waals surface area (Å²) in [7, 11) is 0. The Bertz CT molecular complexity index is 7080. The minimum atomic E-state index is -4.50. The highest BCUT2D eigenvalue weighted by atomic mass is 19.4. The van der Waals surface area contributed by atoms with E-state index in [4.69, 9.17) is 22.0 Å². The molecule has 692 valence electrons. The number of nitriles is 1. The maximum absolute atomic E-state index is 14.4. The van der Waals surface area contributed by atoms with Gasteiger partial charge in [0.25, 0.3) is 0 Å². The number of pyridine rings is 4. The Labute approximate surface area is 759 Å². The van der Waals surface area contributed by atoms with Crippen molar-refractivity contribution in [3.05, 3.63) is 234 Å². The molecule has 6 atom stereocenters. The third kappa shape index (κ3) is 18.0. The molecule has 0 bridgehead atoms. The number of aromatic amines is 2. The molecule has 6 N–H and O–H groups in total. The smallest absolute Gasteiger partial charge is 0.368 e. The molecule has 7 aliphatic rings. The van der Waals surface area contributed by atoms with Gasteiger partial charge in [-0.05, 0) is 113 Å². The van der Waals surface area contributed by atoms with Gasteiger partial charge in [-0.25, -0.2) is 75.5 Å². The Balaban J connectivity index is 0.000000116. The molecule has 36 nitrogen and oxygen atoms in total. The number of aryl methyl sites for hydroxylation is 1. The number of hydrogen-bond donors (Lipinski definition) is 5. The van der Waals surface area contributed by atoms with Crippen molar-refractivity contribution in [2.45, 2.75) is 126 Å². The van der Waals surface area contributed by atoms with Crippen molar-refractivity contribution in [3.63, 3.8) is 0 Å².